The molecule has 2 unspecified atom stereocenters. The van der Waals surface area contributed by atoms with Gasteiger partial charge in [0.05, 0.1) is 38.7 Å². The largest absolute Gasteiger partial charge is 0.497 e. The molecule has 1 aliphatic rings. The Labute approximate surface area is 193 Å². The number of nitrogens with zero attached hydrogens (tertiary/aromatic N) is 3. The van der Waals surface area contributed by atoms with Crippen LogP contribution in [-0.2, 0) is 11.2 Å². The number of aliphatic hydroxyl groups excluding tert-OH is 1. The van der Waals surface area contributed by atoms with Gasteiger partial charge in [-0.2, -0.15) is 0 Å². The van der Waals surface area contributed by atoms with Gasteiger partial charge in [0.25, 0.3) is 5.91 Å². The topological polar surface area (TPSA) is 84.2 Å². The van der Waals surface area contributed by atoms with Crippen LogP contribution in [0.3, 0.4) is 0 Å². The van der Waals surface area contributed by atoms with E-state index in [-0.39, 0.29) is 18.5 Å². The fourth-order valence-corrected chi connectivity index (χ4v) is 4.08. The highest BCUT2D eigenvalue weighted by molar-refractivity contribution is 6.26. The number of methoxy groups -OCH3 is 2. The lowest BCUT2D eigenvalue weighted by Crippen LogP contribution is -2.41. The molecule has 4 rings (SSSR count). The Morgan fingerprint density at radius 2 is 1.97 bits per heavy atom. The number of hydrogen-bond donors (Lipinski definition) is 1. The van der Waals surface area contributed by atoms with E-state index in [9.17, 15) is 9.90 Å². The van der Waals surface area contributed by atoms with Crippen molar-refractivity contribution in [2.24, 2.45) is 4.99 Å². The molecule has 2 aromatic carbocycles. The molecule has 0 radical (unpaired) electrons. The van der Waals surface area contributed by atoms with Crippen molar-refractivity contribution in [2.45, 2.75) is 18.6 Å². The molecular formula is C26H27N3O4. The minimum Gasteiger partial charge on any atom is -0.497 e. The predicted octanol–water partition coefficient (Wildman–Crippen LogP) is 3.38. The van der Waals surface area contributed by atoms with Crippen LogP contribution < -0.4 is 9.47 Å². The normalized spacial score (nSPS) is 16.3. The first-order valence-corrected chi connectivity index (χ1v) is 10.8. The van der Waals surface area contributed by atoms with Gasteiger partial charge in [-0.15, -0.1) is 0 Å². The van der Waals surface area contributed by atoms with Crippen molar-refractivity contribution in [3.63, 3.8) is 0 Å². The van der Waals surface area contributed by atoms with Gasteiger partial charge >= 0.3 is 0 Å². The molecule has 0 saturated carbocycles. The molecule has 2 atom stereocenters. The first kappa shape index (κ1) is 22.5. The number of aliphatic imine (C=N–C) groups is 1. The number of amides is 1. The maximum absolute atomic E-state index is 13.2. The van der Waals surface area contributed by atoms with Gasteiger partial charge in [-0.05, 0) is 41.3 Å². The molecule has 7 heteroatoms. The average Bonchev–Trinajstić information content (AvgIpc) is 2.87. The third-order valence-electron chi connectivity index (χ3n) is 5.76. The van der Waals surface area contributed by atoms with Crippen molar-refractivity contribution in [2.75, 3.05) is 27.3 Å². The van der Waals surface area contributed by atoms with Gasteiger partial charge in [0.1, 0.15) is 11.9 Å². The standard InChI is InChI=1S/C26H27N3O4/c1-32-20-12-11-18-13-14-29(26(21(18)15-20)19-7-4-3-5-8-19)25(31)17-27-16-23(30)22-9-6-10-24(28-22)33-2/h3-12,15,17,23,26,30H,13-14,16H2,1-2H3. The Balaban J connectivity index is 1.55. The van der Waals surface area contributed by atoms with Crippen LogP contribution in [0.25, 0.3) is 0 Å². The zero-order valence-corrected chi connectivity index (χ0v) is 18.7. The molecule has 3 aromatic rings. The smallest absolute Gasteiger partial charge is 0.265 e. The molecule has 0 fully saturated rings. The fraction of sp³-hybridized carbons (Fsp3) is 0.269. The van der Waals surface area contributed by atoms with Crippen molar-refractivity contribution in [3.05, 3.63) is 89.1 Å². The van der Waals surface area contributed by atoms with Crippen LogP contribution in [-0.4, -0.2) is 54.4 Å². The first-order chi connectivity index (χ1) is 16.1. The van der Waals surface area contributed by atoms with Gasteiger partial charge in [0.15, 0.2) is 0 Å². The zero-order valence-electron chi connectivity index (χ0n) is 18.7. The molecule has 1 aromatic heterocycles. The van der Waals surface area contributed by atoms with E-state index in [1.54, 1.807) is 25.3 Å². The second kappa shape index (κ2) is 10.3. The highest BCUT2D eigenvalue weighted by Gasteiger charge is 2.31. The van der Waals surface area contributed by atoms with E-state index < -0.39 is 6.10 Å². The second-order valence-corrected chi connectivity index (χ2v) is 7.77. The second-order valence-electron chi connectivity index (χ2n) is 7.77. The number of aliphatic hydroxyl groups is 1. The van der Waals surface area contributed by atoms with E-state index in [0.717, 1.165) is 23.3 Å². The first-order valence-electron chi connectivity index (χ1n) is 10.8. The summed E-state index contributed by atoms with van der Waals surface area (Å²) in [4.78, 5) is 23.5. The van der Waals surface area contributed by atoms with Crippen LogP contribution in [0.5, 0.6) is 11.6 Å². The summed E-state index contributed by atoms with van der Waals surface area (Å²) in [6.07, 6.45) is 1.11. The van der Waals surface area contributed by atoms with Crippen LogP contribution in [0.4, 0.5) is 0 Å². The average molecular weight is 446 g/mol. The van der Waals surface area contributed by atoms with E-state index in [4.69, 9.17) is 9.47 Å². The summed E-state index contributed by atoms with van der Waals surface area (Å²) in [7, 11) is 3.16. The van der Waals surface area contributed by atoms with E-state index in [0.29, 0.717) is 18.1 Å². The number of carbonyl (C=O) groups excluding carboxylic acids is 1. The number of aromatic nitrogens is 1. The molecule has 0 bridgehead atoms. The van der Waals surface area contributed by atoms with Crippen molar-refractivity contribution in [1.29, 1.82) is 0 Å². The van der Waals surface area contributed by atoms with Gasteiger partial charge in [0.2, 0.25) is 5.88 Å². The Bertz CT molecular complexity index is 1130. The van der Waals surface area contributed by atoms with Crippen LogP contribution >= 0.6 is 0 Å². The number of pyridine rings is 1. The monoisotopic (exact) mass is 445 g/mol. The summed E-state index contributed by atoms with van der Waals surface area (Å²) in [5, 5.41) is 10.4. The van der Waals surface area contributed by atoms with E-state index >= 15 is 0 Å². The minimum absolute atomic E-state index is 0.0279. The molecule has 33 heavy (non-hydrogen) atoms. The van der Waals surface area contributed by atoms with Crippen LogP contribution in [0.1, 0.15) is 34.5 Å². The van der Waals surface area contributed by atoms with Crippen LogP contribution in [0.15, 0.2) is 71.7 Å². The van der Waals surface area contributed by atoms with Gasteiger partial charge in [-0.3, -0.25) is 9.79 Å². The summed E-state index contributed by atoms with van der Waals surface area (Å²) < 4.78 is 10.5. The number of fused-ring (bicyclic) bond motifs is 1. The minimum atomic E-state index is -0.930. The van der Waals surface area contributed by atoms with Crippen LogP contribution in [0, 0.1) is 0 Å². The molecule has 170 valence electrons. The number of carbonyl (C=O) groups is 1. The fourth-order valence-electron chi connectivity index (χ4n) is 4.08. The molecule has 0 spiro atoms. The van der Waals surface area contributed by atoms with Gasteiger partial charge in [0, 0.05) is 12.6 Å². The number of benzene rings is 2. The van der Waals surface area contributed by atoms with Gasteiger partial charge in [-0.25, -0.2) is 4.98 Å². The van der Waals surface area contributed by atoms with E-state index in [2.05, 4.69) is 16.0 Å². The maximum Gasteiger partial charge on any atom is 0.265 e. The quantitative estimate of drug-likeness (QED) is 0.564. The van der Waals surface area contributed by atoms with Crippen molar-refractivity contribution < 1.29 is 19.4 Å². The number of ether oxygens (including phenoxy) is 2. The predicted molar refractivity (Wildman–Crippen MR) is 126 cm³/mol. The lowest BCUT2D eigenvalue weighted by atomic mass is 9.88. The highest BCUT2D eigenvalue weighted by Crippen LogP contribution is 2.37. The maximum atomic E-state index is 13.2. The molecule has 0 aliphatic carbocycles. The number of hydrogen-bond acceptors (Lipinski definition) is 6. The Kier molecular flexibility index (Phi) is 7.00. The van der Waals surface area contributed by atoms with Crippen molar-refractivity contribution in [1.82, 2.24) is 9.88 Å². The Morgan fingerprint density at radius 1 is 1.15 bits per heavy atom. The SMILES string of the molecule is COc1ccc2c(c1)C(c1ccccc1)N(C(=O)C=NCC(O)c1cccc(OC)n1)CC2. The lowest BCUT2D eigenvalue weighted by Gasteiger charge is -2.37. The summed E-state index contributed by atoms with van der Waals surface area (Å²) >= 11 is 0. The van der Waals surface area contributed by atoms with E-state index in [1.165, 1.54) is 18.9 Å². The molecule has 2 heterocycles. The van der Waals surface area contributed by atoms with Crippen LogP contribution in [0.2, 0.25) is 0 Å². The molecule has 7 nitrogen and oxygen atoms in total. The van der Waals surface area contributed by atoms with Crippen molar-refractivity contribution >= 4 is 12.1 Å². The summed E-state index contributed by atoms with van der Waals surface area (Å²) in [5.74, 6) is 0.967. The highest BCUT2D eigenvalue weighted by atomic mass is 16.5. The lowest BCUT2D eigenvalue weighted by molar-refractivity contribution is -0.125. The summed E-state index contributed by atoms with van der Waals surface area (Å²) in [6, 6.07) is 20.9. The third kappa shape index (κ3) is 5.04. The summed E-state index contributed by atoms with van der Waals surface area (Å²) in [5.41, 5.74) is 3.72. The Morgan fingerprint density at radius 3 is 2.73 bits per heavy atom. The Hall–Kier alpha value is -3.71. The zero-order chi connectivity index (χ0) is 23.2. The molecular weight excluding hydrogens is 418 g/mol. The van der Waals surface area contributed by atoms with E-state index in [1.807, 2.05) is 47.4 Å². The molecule has 0 saturated heterocycles. The van der Waals surface area contributed by atoms with Crippen molar-refractivity contribution in [3.8, 4) is 11.6 Å². The summed E-state index contributed by atoms with van der Waals surface area (Å²) in [6.45, 7) is 0.601. The molecule has 1 amide bonds. The van der Waals surface area contributed by atoms with Gasteiger partial charge in [-0.1, -0.05) is 42.5 Å². The van der Waals surface area contributed by atoms with Gasteiger partial charge < -0.3 is 19.5 Å². The molecule has 1 aliphatic heterocycles. The molecule has 1 N–H and O–H groups in total. The third-order valence-corrected chi connectivity index (χ3v) is 5.76. The number of rotatable bonds is 7.